The third kappa shape index (κ3) is 8.45. The monoisotopic (exact) mass is 659 g/mol. The maximum atomic E-state index is 12.9. The van der Waals surface area contributed by atoms with E-state index in [-0.39, 0.29) is 17.2 Å². The summed E-state index contributed by atoms with van der Waals surface area (Å²) in [7, 11) is 1.45. The molecule has 0 radical (unpaired) electrons. The number of rotatable bonds is 12. The van der Waals surface area contributed by atoms with Crippen molar-refractivity contribution in [2.24, 2.45) is 5.10 Å². The minimum Gasteiger partial charge on any atom is -0.493 e. The highest BCUT2D eigenvalue weighted by atomic mass is 79.9. The number of ether oxygens (including phenoxy) is 4. The highest BCUT2D eigenvalue weighted by Gasteiger charge is 2.15. The molecule has 0 aliphatic rings. The molecule has 0 heterocycles. The highest BCUT2D eigenvalue weighted by molar-refractivity contribution is 9.10. The summed E-state index contributed by atoms with van der Waals surface area (Å²) in [4.78, 5) is 38.1. The number of esters is 1. The Morgan fingerprint density at radius 3 is 2.16 bits per heavy atom. The fraction of sp³-hybridized carbons (Fsp3) is 0.152. The number of nitrogens with zero attached hydrogens (tertiary/aromatic N) is 1. The maximum absolute atomic E-state index is 12.9. The second-order valence-electron chi connectivity index (χ2n) is 9.07. The van der Waals surface area contributed by atoms with Gasteiger partial charge in [0.25, 0.3) is 11.8 Å². The lowest BCUT2D eigenvalue weighted by Gasteiger charge is -2.12. The van der Waals surface area contributed by atoms with E-state index in [4.69, 9.17) is 18.9 Å². The number of hydrogen-bond acceptors (Lipinski definition) is 8. The number of halogens is 1. The first-order valence-electron chi connectivity index (χ1n) is 13.6. The number of amides is 2. The Kier molecular flexibility index (Phi) is 11.1. The molecule has 0 unspecified atom stereocenters. The van der Waals surface area contributed by atoms with E-state index >= 15 is 0 Å². The summed E-state index contributed by atoms with van der Waals surface area (Å²) in [6.07, 6.45) is 1.42. The van der Waals surface area contributed by atoms with Crippen molar-refractivity contribution in [3.05, 3.63) is 112 Å². The number of carbonyl (C=O) groups is 3. The average molecular weight is 661 g/mol. The van der Waals surface area contributed by atoms with Crippen LogP contribution in [0.3, 0.4) is 0 Å². The molecule has 44 heavy (non-hydrogen) atoms. The van der Waals surface area contributed by atoms with Crippen LogP contribution >= 0.6 is 15.9 Å². The zero-order chi connectivity index (χ0) is 31.5. The minimum absolute atomic E-state index is 0.236. The number of methoxy groups -OCH3 is 1. The number of anilines is 1. The molecule has 11 heteroatoms. The van der Waals surface area contributed by atoms with E-state index in [0.717, 1.165) is 4.47 Å². The number of nitrogens with one attached hydrogen (secondary N) is 2. The van der Waals surface area contributed by atoms with Gasteiger partial charge in [-0.3, -0.25) is 9.59 Å². The first-order valence-corrected chi connectivity index (χ1v) is 14.4. The highest BCUT2D eigenvalue weighted by Crippen LogP contribution is 2.30. The number of carbonyl (C=O) groups excluding carboxylic acids is 3. The van der Waals surface area contributed by atoms with E-state index in [1.165, 1.54) is 13.3 Å². The lowest BCUT2D eigenvalue weighted by molar-refractivity contribution is 0.0729. The molecule has 0 aliphatic carbocycles. The molecule has 2 N–H and O–H groups in total. The van der Waals surface area contributed by atoms with Gasteiger partial charge in [0.15, 0.2) is 23.0 Å². The molecule has 0 fully saturated rings. The topological polar surface area (TPSA) is 125 Å². The molecule has 0 saturated carbocycles. The Morgan fingerprint density at radius 1 is 0.750 bits per heavy atom. The molecule has 0 spiro atoms. The van der Waals surface area contributed by atoms with Crippen LogP contribution in [0.1, 0.15) is 50.5 Å². The molecule has 0 bridgehead atoms. The number of benzene rings is 4. The second kappa shape index (κ2) is 15.4. The quantitative estimate of drug-likeness (QED) is 0.0771. The molecular weight excluding hydrogens is 630 g/mol. The molecule has 10 nitrogen and oxygen atoms in total. The first kappa shape index (κ1) is 31.8. The van der Waals surface area contributed by atoms with Crippen LogP contribution in [-0.2, 0) is 0 Å². The SMILES string of the molecule is CCOc1ccc(C(=O)Nc2cccc(C(=O)NN=Cc3ccc(OC(=O)c4ccc(Br)cc4)c(OC)c3)c2)cc1OCC. The Bertz CT molecular complexity index is 1670. The Labute approximate surface area is 263 Å². The van der Waals surface area contributed by atoms with Gasteiger partial charge in [0.1, 0.15) is 0 Å². The van der Waals surface area contributed by atoms with Gasteiger partial charge in [-0.1, -0.05) is 22.0 Å². The summed E-state index contributed by atoms with van der Waals surface area (Å²) in [5.41, 5.74) is 4.54. The molecule has 0 saturated heterocycles. The van der Waals surface area contributed by atoms with E-state index in [2.05, 4.69) is 31.8 Å². The van der Waals surface area contributed by atoms with Crippen LogP contribution in [0.2, 0.25) is 0 Å². The fourth-order valence-electron chi connectivity index (χ4n) is 3.96. The van der Waals surface area contributed by atoms with Crippen LogP contribution in [0.15, 0.2) is 94.5 Å². The van der Waals surface area contributed by atoms with Crippen LogP contribution < -0.4 is 29.7 Å². The van der Waals surface area contributed by atoms with Crippen molar-refractivity contribution in [1.82, 2.24) is 5.43 Å². The maximum Gasteiger partial charge on any atom is 0.343 e. The minimum atomic E-state index is -0.530. The van der Waals surface area contributed by atoms with E-state index < -0.39 is 11.9 Å². The van der Waals surface area contributed by atoms with Crippen LogP contribution in [-0.4, -0.2) is 44.3 Å². The molecule has 0 aliphatic heterocycles. The smallest absolute Gasteiger partial charge is 0.343 e. The number of hydrazone groups is 1. The third-order valence-electron chi connectivity index (χ3n) is 6.04. The molecule has 226 valence electrons. The van der Waals surface area contributed by atoms with Gasteiger partial charge in [0.2, 0.25) is 0 Å². The summed E-state index contributed by atoms with van der Waals surface area (Å²) in [6.45, 7) is 4.61. The standard InChI is InChI=1S/C33H30BrN3O7/c1-4-42-27-16-12-24(19-30(27)43-5-2)31(38)36-26-8-6-7-23(18-26)32(39)37-35-20-21-9-15-28(29(17-21)41-3)44-33(40)22-10-13-25(34)14-11-22/h6-20H,4-5H2,1-3H3,(H,36,38)(H,37,39). The summed E-state index contributed by atoms with van der Waals surface area (Å²) < 4.78 is 22.9. The molecule has 4 rings (SSSR count). The average Bonchev–Trinajstić information content (AvgIpc) is 3.03. The first-order chi connectivity index (χ1) is 21.3. The zero-order valence-electron chi connectivity index (χ0n) is 24.3. The van der Waals surface area contributed by atoms with Crippen LogP contribution in [0.4, 0.5) is 5.69 Å². The van der Waals surface area contributed by atoms with Crippen molar-refractivity contribution in [2.75, 3.05) is 25.6 Å². The van der Waals surface area contributed by atoms with Crippen molar-refractivity contribution in [3.8, 4) is 23.0 Å². The van der Waals surface area contributed by atoms with Gasteiger partial charge in [-0.05, 0) is 98.3 Å². The van der Waals surface area contributed by atoms with E-state index in [1.807, 2.05) is 13.8 Å². The fourth-order valence-corrected chi connectivity index (χ4v) is 4.22. The van der Waals surface area contributed by atoms with Crippen molar-refractivity contribution < 1.29 is 33.3 Å². The van der Waals surface area contributed by atoms with Crippen LogP contribution in [0, 0.1) is 0 Å². The van der Waals surface area contributed by atoms with Gasteiger partial charge in [-0.2, -0.15) is 5.10 Å². The predicted octanol–water partition coefficient (Wildman–Crippen LogP) is 6.49. The van der Waals surface area contributed by atoms with Crippen molar-refractivity contribution in [3.63, 3.8) is 0 Å². The number of hydrogen-bond donors (Lipinski definition) is 2. The Hall–Kier alpha value is -5.16. The second-order valence-corrected chi connectivity index (χ2v) is 9.98. The van der Waals surface area contributed by atoms with Crippen molar-refractivity contribution >= 4 is 45.6 Å². The van der Waals surface area contributed by atoms with E-state index in [1.54, 1.807) is 84.9 Å². The normalized spacial score (nSPS) is 10.6. The molecule has 2 amide bonds. The van der Waals surface area contributed by atoms with Gasteiger partial charge in [0, 0.05) is 21.3 Å². The summed E-state index contributed by atoms with van der Waals surface area (Å²) in [6, 6.07) is 23.0. The zero-order valence-corrected chi connectivity index (χ0v) is 25.8. The largest absolute Gasteiger partial charge is 0.493 e. The lowest BCUT2D eigenvalue weighted by Crippen LogP contribution is -2.18. The van der Waals surface area contributed by atoms with Gasteiger partial charge >= 0.3 is 5.97 Å². The molecule has 0 aromatic heterocycles. The van der Waals surface area contributed by atoms with Crippen LogP contribution in [0.5, 0.6) is 23.0 Å². The Balaban J connectivity index is 1.38. The van der Waals surface area contributed by atoms with Crippen LogP contribution in [0.25, 0.3) is 0 Å². The van der Waals surface area contributed by atoms with Gasteiger partial charge in [0.05, 0.1) is 32.1 Å². The Morgan fingerprint density at radius 2 is 1.43 bits per heavy atom. The van der Waals surface area contributed by atoms with E-state index in [9.17, 15) is 14.4 Å². The van der Waals surface area contributed by atoms with Gasteiger partial charge in [-0.15, -0.1) is 0 Å². The van der Waals surface area contributed by atoms with Crippen molar-refractivity contribution in [1.29, 1.82) is 0 Å². The van der Waals surface area contributed by atoms with Crippen molar-refractivity contribution in [2.45, 2.75) is 13.8 Å². The molecule has 4 aromatic carbocycles. The van der Waals surface area contributed by atoms with E-state index in [0.29, 0.717) is 52.8 Å². The summed E-state index contributed by atoms with van der Waals surface area (Å²) in [5, 5.41) is 6.82. The molecule has 0 atom stereocenters. The third-order valence-corrected chi connectivity index (χ3v) is 6.57. The lowest BCUT2D eigenvalue weighted by atomic mass is 10.1. The molecule has 4 aromatic rings. The summed E-state index contributed by atoms with van der Waals surface area (Å²) >= 11 is 3.33. The van der Waals surface area contributed by atoms with Gasteiger partial charge in [-0.25, -0.2) is 10.2 Å². The molecular formula is C33H30BrN3O7. The predicted molar refractivity (Wildman–Crippen MR) is 170 cm³/mol. The summed E-state index contributed by atoms with van der Waals surface area (Å²) in [5.74, 6) is 0.197. The van der Waals surface area contributed by atoms with Gasteiger partial charge < -0.3 is 24.3 Å².